The molecule has 7 nitrogen and oxygen atoms in total. The van der Waals surface area contributed by atoms with Gasteiger partial charge in [0.1, 0.15) is 0 Å². The van der Waals surface area contributed by atoms with Gasteiger partial charge in [0.05, 0.1) is 6.42 Å². The molecule has 3 rings (SSSR count). The van der Waals surface area contributed by atoms with Crippen molar-refractivity contribution in [1.82, 2.24) is 5.32 Å². The molecule has 0 saturated heterocycles. The number of carbonyl (C=O) groups is 4. The number of ether oxygens (including phenoxy) is 1. The van der Waals surface area contributed by atoms with Gasteiger partial charge in [-0.2, -0.15) is 0 Å². The van der Waals surface area contributed by atoms with Gasteiger partial charge in [-0.25, -0.2) is 4.79 Å². The zero-order chi connectivity index (χ0) is 22.4. The number of rotatable bonds is 7. The molecule has 0 fully saturated rings. The fourth-order valence-electron chi connectivity index (χ4n) is 3.59. The Labute approximate surface area is 181 Å². The van der Waals surface area contributed by atoms with Crippen molar-refractivity contribution < 1.29 is 23.9 Å². The molecule has 1 aliphatic rings. The van der Waals surface area contributed by atoms with Crippen LogP contribution in [0.4, 0.5) is 10.5 Å². The molecule has 7 heteroatoms. The van der Waals surface area contributed by atoms with Gasteiger partial charge in [0.2, 0.25) is 0 Å². The molecule has 0 saturated carbocycles. The molecule has 31 heavy (non-hydrogen) atoms. The van der Waals surface area contributed by atoms with Crippen molar-refractivity contribution in [2.24, 2.45) is 0 Å². The third-order valence-corrected chi connectivity index (χ3v) is 5.22. The number of benzene rings is 2. The van der Waals surface area contributed by atoms with Crippen LogP contribution in [-0.2, 0) is 27.2 Å². The number of hydrogen-bond donors (Lipinski definition) is 2. The highest BCUT2D eigenvalue weighted by atomic mass is 16.5. The van der Waals surface area contributed by atoms with Crippen LogP contribution in [0, 0.1) is 13.8 Å². The summed E-state index contributed by atoms with van der Waals surface area (Å²) < 4.78 is 4.87. The molecular weight excluding hydrogens is 396 g/mol. The standard InChI is InChI=1S/C24H26N2O5/c1-15-6-9-20(16(2)12-15)25-24(30)26-22(28)14-31-23(29)11-10-21(27)19-8-7-17-4-3-5-18(17)13-19/h6-9,12-13H,3-5,10-11,14H2,1-2H3,(H2,25,26,28,30). The quantitative estimate of drug-likeness (QED) is 0.524. The number of hydrogen-bond acceptors (Lipinski definition) is 5. The lowest BCUT2D eigenvalue weighted by molar-refractivity contribution is -0.148. The Morgan fingerprint density at radius 2 is 1.71 bits per heavy atom. The Balaban J connectivity index is 1.38. The number of urea groups is 1. The van der Waals surface area contributed by atoms with Crippen LogP contribution in [0.1, 0.15) is 51.9 Å². The third kappa shape index (κ3) is 6.25. The molecule has 0 heterocycles. The summed E-state index contributed by atoms with van der Waals surface area (Å²) in [5.74, 6) is -1.55. The molecule has 0 unspecified atom stereocenters. The fraction of sp³-hybridized carbons (Fsp3) is 0.333. The van der Waals surface area contributed by atoms with Gasteiger partial charge in [0, 0.05) is 17.7 Å². The Kier molecular flexibility index (Phi) is 7.18. The number of ketones is 1. The SMILES string of the molecule is Cc1ccc(NC(=O)NC(=O)COC(=O)CCC(=O)c2ccc3c(c2)CCC3)c(C)c1. The second-order valence-corrected chi connectivity index (χ2v) is 7.74. The van der Waals surface area contributed by atoms with Gasteiger partial charge < -0.3 is 10.1 Å². The Morgan fingerprint density at radius 1 is 0.935 bits per heavy atom. The molecule has 0 atom stereocenters. The molecule has 0 spiro atoms. The average molecular weight is 422 g/mol. The van der Waals surface area contributed by atoms with Crippen LogP contribution < -0.4 is 10.6 Å². The van der Waals surface area contributed by atoms with Crippen LogP contribution in [0.25, 0.3) is 0 Å². The lowest BCUT2D eigenvalue weighted by Gasteiger charge is -2.10. The zero-order valence-electron chi connectivity index (χ0n) is 17.7. The number of Topliss-reactive ketones (excluding diaryl/α,β-unsaturated/α-hetero) is 1. The Bertz CT molecular complexity index is 1030. The molecule has 0 aliphatic heterocycles. The van der Waals surface area contributed by atoms with E-state index in [-0.39, 0.29) is 18.6 Å². The number of carbonyl (C=O) groups excluding carboxylic acids is 4. The van der Waals surface area contributed by atoms with Crippen LogP contribution in [-0.4, -0.2) is 30.3 Å². The Hall–Kier alpha value is -3.48. The lowest BCUT2D eigenvalue weighted by Crippen LogP contribution is -2.37. The predicted molar refractivity (Wildman–Crippen MR) is 116 cm³/mol. The summed E-state index contributed by atoms with van der Waals surface area (Å²) in [6.45, 7) is 3.19. The minimum absolute atomic E-state index is 0.00637. The molecule has 162 valence electrons. The topological polar surface area (TPSA) is 102 Å². The number of fused-ring (bicyclic) bond motifs is 1. The highest BCUT2D eigenvalue weighted by Crippen LogP contribution is 2.23. The average Bonchev–Trinajstić information content (AvgIpc) is 3.20. The van der Waals surface area contributed by atoms with E-state index in [0.717, 1.165) is 30.4 Å². The summed E-state index contributed by atoms with van der Waals surface area (Å²) in [4.78, 5) is 48.0. The first-order chi connectivity index (χ1) is 14.8. The number of imide groups is 1. The van der Waals surface area contributed by atoms with E-state index in [1.165, 1.54) is 11.1 Å². The van der Waals surface area contributed by atoms with Gasteiger partial charge in [0.15, 0.2) is 12.4 Å². The largest absolute Gasteiger partial charge is 0.456 e. The van der Waals surface area contributed by atoms with Crippen LogP contribution in [0.2, 0.25) is 0 Å². The van der Waals surface area contributed by atoms with E-state index in [1.807, 2.05) is 38.1 Å². The van der Waals surface area contributed by atoms with Gasteiger partial charge in [-0.15, -0.1) is 0 Å². The van der Waals surface area contributed by atoms with Crippen LogP contribution in [0.15, 0.2) is 36.4 Å². The van der Waals surface area contributed by atoms with Crippen molar-refractivity contribution in [2.75, 3.05) is 11.9 Å². The van der Waals surface area contributed by atoms with E-state index in [1.54, 1.807) is 12.1 Å². The predicted octanol–water partition coefficient (Wildman–Crippen LogP) is 3.65. The molecule has 2 aromatic carbocycles. The highest BCUT2D eigenvalue weighted by molar-refractivity contribution is 6.02. The summed E-state index contributed by atoms with van der Waals surface area (Å²) in [6, 6.07) is 10.4. The molecular formula is C24H26N2O5. The maximum Gasteiger partial charge on any atom is 0.325 e. The third-order valence-electron chi connectivity index (χ3n) is 5.22. The van der Waals surface area contributed by atoms with Gasteiger partial charge in [-0.1, -0.05) is 29.8 Å². The minimum atomic E-state index is -0.749. The van der Waals surface area contributed by atoms with Crippen molar-refractivity contribution in [3.8, 4) is 0 Å². The normalized spacial score (nSPS) is 12.1. The number of esters is 1. The van der Waals surface area contributed by atoms with Gasteiger partial charge in [-0.05, 0) is 61.9 Å². The molecule has 0 aromatic heterocycles. The summed E-state index contributed by atoms with van der Waals surface area (Å²) in [5, 5.41) is 4.68. The van der Waals surface area contributed by atoms with E-state index < -0.39 is 24.5 Å². The van der Waals surface area contributed by atoms with Crippen LogP contribution in [0.3, 0.4) is 0 Å². The highest BCUT2D eigenvalue weighted by Gasteiger charge is 2.16. The van der Waals surface area contributed by atoms with Gasteiger partial charge >= 0.3 is 12.0 Å². The van der Waals surface area contributed by atoms with E-state index >= 15 is 0 Å². The molecule has 0 bridgehead atoms. The van der Waals surface area contributed by atoms with Crippen molar-refractivity contribution in [1.29, 1.82) is 0 Å². The maximum absolute atomic E-state index is 12.3. The second-order valence-electron chi connectivity index (χ2n) is 7.74. The first-order valence-corrected chi connectivity index (χ1v) is 10.3. The van der Waals surface area contributed by atoms with E-state index in [2.05, 4.69) is 10.6 Å². The lowest BCUT2D eigenvalue weighted by atomic mass is 10.0. The fourth-order valence-corrected chi connectivity index (χ4v) is 3.59. The monoisotopic (exact) mass is 422 g/mol. The van der Waals surface area contributed by atoms with Crippen LogP contribution in [0.5, 0.6) is 0 Å². The molecule has 1 aliphatic carbocycles. The summed E-state index contributed by atoms with van der Waals surface area (Å²) >= 11 is 0. The van der Waals surface area contributed by atoms with Crippen molar-refractivity contribution in [2.45, 2.75) is 46.0 Å². The van der Waals surface area contributed by atoms with Crippen LogP contribution >= 0.6 is 0 Å². The number of anilines is 1. The van der Waals surface area contributed by atoms with E-state index in [4.69, 9.17) is 4.74 Å². The molecule has 0 radical (unpaired) electrons. The van der Waals surface area contributed by atoms with Gasteiger partial charge in [0.25, 0.3) is 5.91 Å². The maximum atomic E-state index is 12.3. The number of amides is 3. The molecule has 3 amide bonds. The summed E-state index contributed by atoms with van der Waals surface area (Å²) in [6.07, 6.45) is 3.00. The Morgan fingerprint density at radius 3 is 2.48 bits per heavy atom. The van der Waals surface area contributed by atoms with Crippen molar-refractivity contribution in [3.63, 3.8) is 0 Å². The molecule has 2 N–H and O–H groups in total. The minimum Gasteiger partial charge on any atom is -0.456 e. The first-order valence-electron chi connectivity index (χ1n) is 10.3. The van der Waals surface area contributed by atoms with E-state index in [0.29, 0.717) is 11.3 Å². The summed E-state index contributed by atoms with van der Waals surface area (Å²) in [7, 11) is 0. The first kappa shape index (κ1) is 22.2. The number of nitrogens with one attached hydrogen (secondary N) is 2. The van der Waals surface area contributed by atoms with E-state index in [9.17, 15) is 19.2 Å². The summed E-state index contributed by atoms with van der Waals surface area (Å²) in [5.41, 5.74) is 5.57. The smallest absolute Gasteiger partial charge is 0.325 e. The number of aryl methyl sites for hydroxylation is 4. The second kappa shape index (κ2) is 10.0. The van der Waals surface area contributed by atoms with Crippen molar-refractivity contribution >= 4 is 29.4 Å². The van der Waals surface area contributed by atoms with Gasteiger partial charge in [-0.3, -0.25) is 19.7 Å². The van der Waals surface area contributed by atoms with Crippen molar-refractivity contribution in [3.05, 3.63) is 64.2 Å². The zero-order valence-corrected chi connectivity index (χ0v) is 17.7. The molecule has 2 aromatic rings.